The number of methoxy groups -OCH3 is 1. The number of hydrogen-bond acceptors (Lipinski definition) is 2. The highest BCUT2D eigenvalue weighted by atomic mass is 35.5. The monoisotopic (exact) mass is 266 g/mol. The van der Waals surface area contributed by atoms with Crippen LogP contribution in [0.1, 0.15) is 24.8 Å². The quantitative estimate of drug-likeness (QED) is 0.427. The summed E-state index contributed by atoms with van der Waals surface area (Å²) in [5, 5.41) is 0. The molecule has 0 fully saturated rings. The van der Waals surface area contributed by atoms with E-state index in [0.717, 1.165) is 30.8 Å². The molecule has 1 aromatic rings. The van der Waals surface area contributed by atoms with Crippen molar-refractivity contribution in [3.63, 3.8) is 0 Å². The fourth-order valence-corrected chi connectivity index (χ4v) is 1.53. The van der Waals surface area contributed by atoms with Gasteiger partial charge in [-0.15, -0.1) is 11.6 Å². The molecule has 0 saturated heterocycles. The van der Waals surface area contributed by atoms with Crippen molar-refractivity contribution >= 4 is 11.6 Å². The fourth-order valence-electron chi connectivity index (χ4n) is 1.43. The maximum absolute atomic E-state index is 5.72. The molecule has 0 amide bonds. The summed E-state index contributed by atoms with van der Waals surface area (Å²) in [6.45, 7) is 1.47. The van der Waals surface area contributed by atoms with Crippen molar-refractivity contribution in [2.75, 3.05) is 26.2 Å². The van der Waals surface area contributed by atoms with Gasteiger partial charge in [-0.2, -0.15) is 0 Å². The molecule has 0 aliphatic carbocycles. The van der Waals surface area contributed by atoms with Crippen molar-refractivity contribution in [2.45, 2.75) is 19.3 Å². The number of rotatable bonds is 7. The Morgan fingerprint density at radius 1 is 1.17 bits per heavy atom. The van der Waals surface area contributed by atoms with E-state index >= 15 is 0 Å². The van der Waals surface area contributed by atoms with E-state index in [0.29, 0.717) is 18.9 Å². The zero-order valence-electron chi connectivity index (χ0n) is 10.7. The van der Waals surface area contributed by atoms with E-state index in [1.165, 1.54) is 0 Å². The van der Waals surface area contributed by atoms with Gasteiger partial charge in [-0.1, -0.05) is 24.0 Å². The molecule has 0 aliphatic rings. The number of unbranched alkanes of at least 4 members (excludes halogenated alkanes) is 1. The van der Waals surface area contributed by atoms with E-state index in [1.807, 2.05) is 24.3 Å². The highest BCUT2D eigenvalue weighted by Crippen LogP contribution is 2.17. The number of halogens is 1. The summed E-state index contributed by atoms with van der Waals surface area (Å²) in [5.41, 5.74) is 0.925. The summed E-state index contributed by atoms with van der Waals surface area (Å²) in [4.78, 5) is 0. The van der Waals surface area contributed by atoms with Crippen molar-refractivity contribution in [3.05, 3.63) is 29.8 Å². The average Bonchev–Trinajstić information content (AvgIpc) is 2.40. The Morgan fingerprint density at radius 2 is 1.94 bits per heavy atom. The third-order valence-electron chi connectivity index (χ3n) is 2.33. The van der Waals surface area contributed by atoms with Gasteiger partial charge in [0.2, 0.25) is 0 Å². The van der Waals surface area contributed by atoms with Gasteiger partial charge >= 0.3 is 0 Å². The van der Waals surface area contributed by atoms with Crippen LogP contribution in [0.2, 0.25) is 0 Å². The van der Waals surface area contributed by atoms with Crippen LogP contribution in [0.25, 0.3) is 0 Å². The van der Waals surface area contributed by atoms with E-state index in [1.54, 1.807) is 7.11 Å². The van der Waals surface area contributed by atoms with Gasteiger partial charge in [0.1, 0.15) is 5.75 Å². The summed E-state index contributed by atoms with van der Waals surface area (Å²) in [6, 6.07) is 7.83. The van der Waals surface area contributed by atoms with Crippen LogP contribution in [-0.4, -0.2) is 26.2 Å². The number of benzene rings is 1. The Labute approximate surface area is 114 Å². The number of hydrogen-bond donors (Lipinski definition) is 0. The maximum Gasteiger partial charge on any atom is 0.134 e. The van der Waals surface area contributed by atoms with E-state index < -0.39 is 0 Å². The molecule has 1 aromatic carbocycles. The fraction of sp³-hybridized carbons (Fsp3) is 0.467. The molecular weight excluding hydrogens is 248 g/mol. The molecule has 18 heavy (non-hydrogen) atoms. The molecule has 2 nitrogen and oxygen atoms in total. The normalized spacial score (nSPS) is 9.67. The Hall–Kier alpha value is -1.17. The summed E-state index contributed by atoms with van der Waals surface area (Å²) in [6.07, 6.45) is 2.69. The second-order valence-electron chi connectivity index (χ2n) is 3.79. The summed E-state index contributed by atoms with van der Waals surface area (Å²) in [5.74, 6) is 7.51. The van der Waals surface area contributed by atoms with Crippen LogP contribution >= 0.6 is 11.6 Å². The summed E-state index contributed by atoms with van der Waals surface area (Å²) in [7, 11) is 1.71. The van der Waals surface area contributed by atoms with Crippen LogP contribution in [0.4, 0.5) is 0 Å². The number of alkyl halides is 1. The topological polar surface area (TPSA) is 18.5 Å². The van der Waals surface area contributed by atoms with Gasteiger partial charge in [-0.05, 0) is 25.0 Å². The molecule has 0 aliphatic heterocycles. The molecule has 0 bridgehead atoms. The smallest absolute Gasteiger partial charge is 0.134 e. The molecule has 98 valence electrons. The third kappa shape index (κ3) is 5.95. The van der Waals surface area contributed by atoms with Crippen LogP contribution in [0, 0.1) is 11.8 Å². The molecule has 0 heterocycles. The largest absolute Gasteiger partial charge is 0.492 e. The SMILES string of the molecule is COCCCCOc1ccccc1C#CCCCl. The second kappa shape index (κ2) is 9.82. The van der Waals surface area contributed by atoms with Crippen LogP contribution in [0.3, 0.4) is 0 Å². The predicted octanol–water partition coefficient (Wildman–Crippen LogP) is 3.47. The summed E-state index contributed by atoms with van der Waals surface area (Å²) >= 11 is 5.59. The Bertz CT molecular complexity index is 393. The minimum absolute atomic E-state index is 0.563. The molecule has 0 N–H and O–H groups in total. The Morgan fingerprint density at radius 3 is 2.72 bits per heavy atom. The minimum Gasteiger partial charge on any atom is -0.492 e. The van der Waals surface area contributed by atoms with Crippen LogP contribution in [-0.2, 0) is 4.74 Å². The van der Waals surface area contributed by atoms with Gasteiger partial charge in [-0.3, -0.25) is 0 Å². The third-order valence-corrected chi connectivity index (χ3v) is 2.52. The molecule has 0 saturated carbocycles. The van der Waals surface area contributed by atoms with Gasteiger partial charge in [0.25, 0.3) is 0 Å². The molecule has 0 unspecified atom stereocenters. The zero-order valence-corrected chi connectivity index (χ0v) is 11.5. The van der Waals surface area contributed by atoms with E-state index in [4.69, 9.17) is 21.1 Å². The molecule has 3 heteroatoms. The second-order valence-corrected chi connectivity index (χ2v) is 4.16. The Balaban J connectivity index is 2.47. The molecule has 0 atom stereocenters. The highest BCUT2D eigenvalue weighted by molar-refractivity contribution is 6.18. The minimum atomic E-state index is 0.563. The lowest BCUT2D eigenvalue weighted by molar-refractivity contribution is 0.184. The van der Waals surface area contributed by atoms with Gasteiger partial charge in [0, 0.05) is 26.0 Å². The number of ether oxygens (including phenoxy) is 2. The van der Waals surface area contributed by atoms with E-state index in [9.17, 15) is 0 Å². The maximum atomic E-state index is 5.72. The first kappa shape index (κ1) is 14.9. The lowest BCUT2D eigenvalue weighted by atomic mass is 10.2. The molecule has 0 spiro atoms. The Kier molecular flexibility index (Phi) is 8.12. The van der Waals surface area contributed by atoms with Crippen molar-refractivity contribution in [1.29, 1.82) is 0 Å². The van der Waals surface area contributed by atoms with Crippen molar-refractivity contribution in [1.82, 2.24) is 0 Å². The molecule has 0 radical (unpaired) electrons. The van der Waals surface area contributed by atoms with E-state index in [2.05, 4.69) is 11.8 Å². The van der Waals surface area contributed by atoms with Gasteiger partial charge < -0.3 is 9.47 Å². The molecular formula is C15H19ClO2. The summed E-state index contributed by atoms with van der Waals surface area (Å²) < 4.78 is 10.7. The van der Waals surface area contributed by atoms with Gasteiger partial charge in [0.15, 0.2) is 0 Å². The lowest BCUT2D eigenvalue weighted by Crippen LogP contribution is -2.00. The van der Waals surface area contributed by atoms with Crippen LogP contribution in [0.5, 0.6) is 5.75 Å². The van der Waals surface area contributed by atoms with Crippen LogP contribution in [0.15, 0.2) is 24.3 Å². The van der Waals surface area contributed by atoms with Gasteiger partial charge in [-0.25, -0.2) is 0 Å². The first-order valence-corrected chi connectivity index (χ1v) is 6.67. The van der Waals surface area contributed by atoms with Crippen LogP contribution < -0.4 is 4.74 Å². The molecule has 1 rings (SSSR count). The van der Waals surface area contributed by atoms with Gasteiger partial charge in [0.05, 0.1) is 12.2 Å². The highest BCUT2D eigenvalue weighted by Gasteiger charge is 1.99. The van der Waals surface area contributed by atoms with Crippen molar-refractivity contribution in [3.8, 4) is 17.6 Å². The molecule has 0 aromatic heterocycles. The lowest BCUT2D eigenvalue weighted by Gasteiger charge is -2.07. The predicted molar refractivity (Wildman–Crippen MR) is 75.3 cm³/mol. The first-order valence-electron chi connectivity index (χ1n) is 6.14. The first-order chi connectivity index (χ1) is 8.88. The van der Waals surface area contributed by atoms with Crippen molar-refractivity contribution < 1.29 is 9.47 Å². The average molecular weight is 267 g/mol. The van der Waals surface area contributed by atoms with E-state index in [-0.39, 0.29) is 0 Å². The zero-order chi connectivity index (χ0) is 13.1. The standard InChI is InChI=1S/C15H19ClO2/c1-17-12-6-7-13-18-15-10-3-2-8-14(15)9-4-5-11-16/h2-3,8,10H,5-7,11-13H2,1H3. The number of para-hydroxylation sites is 1. The van der Waals surface area contributed by atoms with Crippen molar-refractivity contribution in [2.24, 2.45) is 0 Å².